The summed E-state index contributed by atoms with van der Waals surface area (Å²) < 4.78 is 25.0. The van der Waals surface area contributed by atoms with Crippen molar-refractivity contribution in [2.75, 3.05) is 11.6 Å². The molecule has 2 aromatic rings. The lowest BCUT2D eigenvalue weighted by molar-refractivity contribution is -0.115. The third-order valence-corrected chi connectivity index (χ3v) is 5.02. The largest absolute Gasteiger partial charge is 0.326 e. The molecule has 1 heterocycles. The van der Waals surface area contributed by atoms with Crippen LogP contribution < -0.4 is 5.32 Å². The lowest BCUT2D eigenvalue weighted by Gasteiger charge is -2.10. The number of hydrogen-bond acceptors (Lipinski definition) is 4. The van der Waals surface area contributed by atoms with Crippen LogP contribution in [0, 0.1) is 20.8 Å². The van der Waals surface area contributed by atoms with Crippen LogP contribution in [0.4, 0.5) is 5.69 Å². The standard InChI is InChI=1S/C16H21N3O3S/c1-10-6-7-13(23(5,21)22)8-15(10)17-16(20)9-14-11(2)18-19(4)12(14)3/h6-8H,9H2,1-5H3,(H,17,20). The number of carbonyl (C=O) groups excluding carboxylic acids is 1. The van der Waals surface area contributed by atoms with Crippen molar-refractivity contribution < 1.29 is 13.2 Å². The molecule has 0 fully saturated rings. The number of aryl methyl sites for hydroxylation is 3. The Hall–Kier alpha value is -2.15. The van der Waals surface area contributed by atoms with Gasteiger partial charge in [-0.2, -0.15) is 5.10 Å². The van der Waals surface area contributed by atoms with E-state index in [4.69, 9.17) is 0 Å². The topological polar surface area (TPSA) is 81.1 Å². The van der Waals surface area contributed by atoms with Crippen molar-refractivity contribution in [3.63, 3.8) is 0 Å². The molecule has 1 amide bonds. The first-order valence-corrected chi connectivity index (χ1v) is 9.08. The van der Waals surface area contributed by atoms with Crippen LogP contribution >= 0.6 is 0 Å². The first-order valence-electron chi connectivity index (χ1n) is 7.19. The molecule has 23 heavy (non-hydrogen) atoms. The van der Waals surface area contributed by atoms with Gasteiger partial charge in [0.05, 0.1) is 17.0 Å². The molecule has 0 atom stereocenters. The monoisotopic (exact) mass is 335 g/mol. The zero-order chi connectivity index (χ0) is 17.4. The molecule has 0 spiro atoms. The number of anilines is 1. The molecule has 2 rings (SSSR count). The highest BCUT2D eigenvalue weighted by Crippen LogP contribution is 2.21. The van der Waals surface area contributed by atoms with Crippen molar-refractivity contribution in [1.29, 1.82) is 0 Å². The average molecular weight is 335 g/mol. The summed E-state index contributed by atoms with van der Waals surface area (Å²) in [7, 11) is -1.47. The molecule has 0 unspecified atom stereocenters. The van der Waals surface area contributed by atoms with E-state index in [2.05, 4.69) is 10.4 Å². The van der Waals surface area contributed by atoms with Gasteiger partial charge in [0.15, 0.2) is 9.84 Å². The summed E-state index contributed by atoms with van der Waals surface area (Å²) in [5, 5.41) is 7.09. The number of hydrogen-bond donors (Lipinski definition) is 1. The fourth-order valence-corrected chi connectivity index (χ4v) is 3.04. The van der Waals surface area contributed by atoms with Gasteiger partial charge in [-0.25, -0.2) is 8.42 Å². The summed E-state index contributed by atoms with van der Waals surface area (Å²) in [4.78, 5) is 12.5. The van der Waals surface area contributed by atoms with Crippen LogP contribution in [0.1, 0.15) is 22.5 Å². The van der Waals surface area contributed by atoms with Crippen LogP contribution in [-0.4, -0.2) is 30.4 Å². The van der Waals surface area contributed by atoms with E-state index in [0.29, 0.717) is 5.69 Å². The van der Waals surface area contributed by atoms with Gasteiger partial charge >= 0.3 is 0 Å². The van der Waals surface area contributed by atoms with Crippen LogP contribution in [0.2, 0.25) is 0 Å². The minimum absolute atomic E-state index is 0.187. The Labute approximate surface area is 136 Å². The van der Waals surface area contributed by atoms with Crippen molar-refractivity contribution in [3.8, 4) is 0 Å². The van der Waals surface area contributed by atoms with E-state index < -0.39 is 9.84 Å². The second-order valence-corrected chi connectivity index (χ2v) is 7.76. The highest BCUT2D eigenvalue weighted by atomic mass is 32.2. The van der Waals surface area contributed by atoms with Gasteiger partial charge < -0.3 is 5.32 Å². The summed E-state index contributed by atoms with van der Waals surface area (Å²) in [6.45, 7) is 5.60. The molecule has 124 valence electrons. The molecular weight excluding hydrogens is 314 g/mol. The predicted molar refractivity (Wildman–Crippen MR) is 89.3 cm³/mol. The van der Waals surface area contributed by atoms with E-state index in [-0.39, 0.29) is 17.2 Å². The van der Waals surface area contributed by atoms with E-state index in [1.165, 1.54) is 12.1 Å². The second-order valence-electron chi connectivity index (χ2n) is 5.75. The molecule has 0 bridgehead atoms. The first-order chi connectivity index (χ1) is 10.6. The predicted octanol–water partition coefficient (Wildman–Crippen LogP) is 1.93. The van der Waals surface area contributed by atoms with E-state index in [9.17, 15) is 13.2 Å². The molecule has 0 aliphatic rings. The van der Waals surface area contributed by atoms with Gasteiger partial charge in [0.1, 0.15) is 0 Å². The average Bonchev–Trinajstić information content (AvgIpc) is 2.66. The Morgan fingerprint density at radius 2 is 1.91 bits per heavy atom. The highest BCUT2D eigenvalue weighted by Gasteiger charge is 2.15. The van der Waals surface area contributed by atoms with Crippen LogP contribution in [0.5, 0.6) is 0 Å². The zero-order valence-electron chi connectivity index (χ0n) is 14.0. The number of aromatic nitrogens is 2. The summed E-state index contributed by atoms with van der Waals surface area (Å²) in [5.41, 5.74) is 3.98. The molecule has 0 saturated heterocycles. The van der Waals surface area contributed by atoms with Crippen molar-refractivity contribution >= 4 is 21.4 Å². The number of rotatable bonds is 4. The lowest BCUT2D eigenvalue weighted by Crippen LogP contribution is -2.16. The number of carbonyl (C=O) groups is 1. The minimum atomic E-state index is -3.31. The van der Waals surface area contributed by atoms with E-state index in [0.717, 1.165) is 28.8 Å². The Morgan fingerprint density at radius 1 is 1.26 bits per heavy atom. The maximum absolute atomic E-state index is 12.3. The van der Waals surface area contributed by atoms with E-state index in [1.807, 2.05) is 27.8 Å². The zero-order valence-corrected chi connectivity index (χ0v) is 14.8. The molecule has 1 aromatic heterocycles. The molecule has 7 heteroatoms. The number of nitrogens with one attached hydrogen (secondary N) is 1. The minimum Gasteiger partial charge on any atom is -0.326 e. The van der Waals surface area contributed by atoms with Gasteiger partial charge in [-0.05, 0) is 38.5 Å². The lowest BCUT2D eigenvalue weighted by atomic mass is 10.1. The smallest absolute Gasteiger partial charge is 0.228 e. The Balaban J connectivity index is 2.24. The van der Waals surface area contributed by atoms with Gasteiger partial charge in [-0.15, -0.1) is 0 Å². The van der Waals surface area contributed by atoms with Crippen LogP contribution in [0.3, 0.4) is 0 Å². The normalized spacial score (nSPS) is 11.5. The molecule has 6 nitrogen and oxygen atoms in total. The summed E-state index contributed by atoms with van der Waals surface area (Å²) in [6.07, 6.45) is 1.35. The molecule has 0 radical (unpaired) electrons. The fraction of sp³-hybridized carbons (Fsp3) is 0.375. The second kappa shape index (κ2) is 6.16. The maximum atomic E-state index is 12.3. The molecule has 0 aliphatic carbocycles. The highest BCUT2D eigenvalue weighted by molar-refractivity contribution is 7.90. The molecule has 0 aliphatic heterocycles. The van der Waals surface area contributed by atoms with Gasteiger partial charge in [0.2, 0.25) is 5.91 Å². The van der Waals surface area contributed by atoms with E-state index in [1.54, 1.807) is 10.7 Å². The van der Waals surface area contributed by atoms with Crippen LogP contribution in [0.15, 0.2) is 23.1 Å². The third kappa shape index (κ3) is 3.79. The summed E-state index contributed by atoms with van der Waals surface area (Å²) in [5.74, 6) is -0.196. The van der Waals surface area contributed by atoms with Crippen molar-refractivity contribution in [1.82, 2.24) is 9.78 Å². The van der Waals surface area contributed by atoms with Gasteiger partial charge in [0, 0.05) is 30.2 Å². The third-order valence-electron chi connectivity index (χ3n) is 3.91. The number of nitrogens with zero attached hydrogens (tertiary/aromatic N) is 2. The molecule has 1 aromatic carbocycles. The van der Waals surface area contributed by atoms with Crippen LogP contribution in [0.25, 0.3) is 0 Å². The SMILES string of the molecule is Cc1ccc(S(C)(=O)=O)cc1NC(=O)Cc1c(C)nn(C)c1C. The van der Waals surface area contributed by atoms with E-state index >= 15 is 0 Å². The molecule has 1 N–H and O–H groups in total. The maximum Gasteiger partial charge on any atom is 0.228 e. The fourth-order valence-electron chi connectivity index (χ4n) is 2.39. The van der Waals surface area contributed by atoms with Crippen molar-refractivity contribution in [2.24, 2.45) is 7.05 Å². The number of sulfone groups is 1. The first kappa shape index (κ1) is 17.2. The van der Waals surface area contributed by atoms with Crippen molar-refractivity contribution in [2.45, 2.75) is 32.1 Å². The summed E-state index contributed by atoms with van der Waals surface area (Å²) in [6, 6.07) is 4.72. The van der Waals surface area contributed by atoms with Crippen molar-refractivity contribution in [3.05, 3.63) is 40.7 Å². The van der Waals surface area contributed by atoms with Crippen LogP contribution in [-0.2, 0) is 28.1 Å². The number of benzene rings is 1. The molecular formula is C16H21N3O3S. The Kier molecular flexibility index (Phi) is 4.61. The van der Waals surface area contributed by atoms with Gasteiger partial charge in [-0.3, -0.25) is 9.48 Å². The number of amides is 1. The Morgan fingerprint density at radius 3 is 2.43 bits per heavy atom. The van der Waals surface area contributed by atoms with Gasteiger partial charge in [0.25, 0.3) is 0 Å². The summed E-state index contributed by atoms with van der Waals surface area (Å²) >= 11 is 0. The Bertz CT molecular complexity index is 867. The van der Waals surface area contributed by atoms with Gasteiger partial charge in [-0.1, -0.05) is 6.07 Å². The quantitative estimate of drug-likeness (QED) is 0.926. The molecule has 0 saturated carbocycles.